The van der Waals surface area contributed by atoms with E-state index in [1.54, 1.807) is 19.9 Å². The van der Waals surface area contributed by atoms with Crippen molar-refractivity contribution in [2.24, 2.45) is 16.1 Å². The van der Waals surface area contributed by atoms with Crippen LogP contribution in [-0.4, -0.2) is 28.2 Å². The van der Waals surface area contributed by atoms with Gasteiger partial charge in [0, 0.05) is 29.8 Å². The molecule has 2 amide bonds. The summed E-state index contributed by atoms with van der Waals surface area (Å²) in [6, 6.07) is 5.93. The molecule has 1 aliphatic rings. The molecule has 0 fully saturated rings. The van der Waals surface area contributed by atoms with E-state index in [9.17, 15) is 19.7 Å². The Balaban J connectivity index is 2.00. The van der Waals surface area contributed by atoms with Crippen molar-refractivity contribution in [1.29, 1.82) is 0 Å². The zero-order valence-electron chi connectivity index (χ0n) is 12.6. The summed E-state index contributed by atoms with van der Waals surface area (Å²) in [5, 5.41) is 18.4. The number of benzene rings is 1. The maximum absolute atomic E-state index is 11.8. The molecule has 9 nitrogen and oxygen atoms in total. The highest BCUT2D eigenvalue weighted by molar-refractivity contribution is 6.09. The van der Waals surface area contributed by atoms with Crippen LogP contribution in [0.15, 0.2) is 34.5 Å². The van der Waals surface area contributed by atoms with Gasteiger partial charge < -0.3 is 0 Å². The summed E-state index contributed by atoms with van der Waals surface area (Å²) in [6.45, 7) is 3.28. The van der Waals surface area contributed by atoms with Crippen LogP contribution in [0.3, 0.4) is 0 Å². The van der Waals surface area contributed by atoms with Crippen molar-refractivity contribution >= 4 is 28.9 Å². The van der Waals surface area contributed by atoms with E-state index in [4.69, 9.17) is 0 Å². The lowest BCUT2D eigenvalue weighted by Gasteiger charge is -2.07. The third kappa shape index (κ3) is 3.96. The number of amides is 2. The van der Waals surface area contributed by atoms with Crippen LogP contribution in [0.2, 0.25) is 0 Å². The van der Waals surface area contributed by atoms with Gasteiger partial charge in [-0.05, 0) is 13.8 Å². The van der Waals surface area contributed by atoms with Crippen molar-refractivity contribution < 1.29 is 14.5 Å². The van der Waals surface area contributed by atoms with E-state index in [-0.39, 0.29) is 18.0 Å². The monoisotopic (exact) mass is 317 g/mol. The van der Waals surface area contributed by atoms with Gasteiger partial charge in [0.05, 0.1) is 16.6 Å². The maximum atomic E-state index is 11.8. The number of carbonyl (C=O) groups excluding carboxylic acids is 2. The van der Waals surface area contributed by atoms with E-state index < -0.39 is 16.7 Å². The Hall–Kier alpha value is -3.10. The van der Waals surface area contributed by atoms with Crippen LogP contribution in [0.4, 0.5) is 5.69 Å². The number of hydrazone groups is 2. The molecular formula is C14H15N5O4. The fraction of sp³-hybridized carbons (Fsp3) is 0.286. The molecule has 0 radical (unpaired) electrons. The second kappa shape index (κ2) is 6.77. The average Bonchev–Trinajstić information content (AvgIpc) is 2.84. The van der Waals surface area contributed by atoms with Crippen LogP contribution in [0.5, 0.6) is 0 Å². The standard InChI is InChI=1S/C14H15N5O4/c1-8(10-4-3-5-11(6-10)19(22)23)15-17-13(20)7-12-9(2)16-18-14(12)21/h3-6,12H,7H2,1-2H3,(H,17,20)(H,18,21)/b15-8-/t12-/m0/s1. The molecule has 1 atom stereocenters. The summed E-state index contributed by atoms with van der Waals surface area (Å²) in [7, 11) is 0. The average molecular weight is 317 g/mol. The highest BCUT2D eigenvalue weighted by atomic mass is 16.6. The first-order valence-corrected chi connectivity index (χ1v) is 6.80. The Labute approximate surface area is 131 Å². The van der Waals surface area contributed by atoms with Gasteiger partial charge in [-0.1, -0.05) is 12.1 Å². The summed E-state index contributed by atoms with van der Waals surface area (Å²) >= 11 is 0. The fourth-order valence-corrected chi connectivity index (χ4v) is 2.02. The molecular weight excluding hydrogens is 302 g/mol. The quantitative estimate of drug-likeness (QED) is 0.476. The van der Waals surface area contributed by atoms with Crippen LogP contribution >= 0.6 is 0 Å². The normalized spacial score (nSPS) is 17.5. The highest BCUT2D eigenvalue weighted by Crippen LogP contribution is 2.14. The topological polar surface area (TPSA) is 126 Å². The van der Waals surface area contributed by atoms with Gasteiger partial charge in [-0.2, -0.15) is 10.2 Å². The lowest BCUT2D eigenvalue weighted by Crippen LogP contribution is -2.29. The number of non-ortho nitro benzene ring substituents is 1. The molecule has 1 heterocycles. The molecule has 9 heteroatoms. The van der Waals surface area contributed by atoms with E-state index in [1.165, 1.54) is 18.2 Å². The maximum Gasteiger partial charge on any atom is 0.270 e. The molecule has 1 aliphatic heterocycles. The molecule has 1 aromatic rings. The third-order valence-electron chi connectivity index (χ3n) is 3.38. The predicted octanol–water partition coefficient (Wildman–Crippen LogP) is 0.947. The minimum absolute atomic E-state index is 0.0576. The highest BCUT2D eigenvalue weighted by Gasteiger charge is 2.29. The van der Waals surface area contributed by atoms with Gasteiger partial charge in [-0.25, -0.2) is 10.9 Å². The van der Waals surface area contributed by atoms with Crippen molar-refractivity contribution in [1.82, 2.24) is 10.9 Å². The Morgan fingerprint density at radius 2 is 2.26 bits per heavy atom. The molecule has 0 saturated heterocycles. The van der Waals surface area contributed by atoms with Crippen LogP contribution in [0.1, 0.15) is 25.8 Å². The van der Waals surface area contributed by atoms with Crippen LogP contribution in [0, 0.1) is 16.0 Å². The Morgan fingerprint density at radius 1 is 1.52 bits per heavy atom. The van der Waals surface area contributed by atoms with Gasteiger partial charge in [-0.15, -0.1) is 0 Å². The van der Waals surface area contributed by atoms with Gasteiger partial charge in [0.2, 0.25) is 11.8 Å². The number of hydrogen-bond acceptors (Lipinski definition) is 6. The number of rotatable bonds is 5. The van der Waals surface area contributed by atoms with Gasteiger partial charge in [-0.3, -0.25) is 19.7 Å². The molecule has 0 bridgehead atoms. The third-order valence-corrected chi connectivity index (χ3v) is 3.38. The first-order valence-electron chi connectivity index (χ1n) is 6.80. The number of hydrogen-bond donors (Lipinski definition) is 2. The molecule has 0 spiro atoms. The SMILES string of the molecule is CC1=NNC(=O)[C@H]1CC(=O)N/N=C(/C)c1cccc([N+](=O)[O-])c1. The lowest BCUT2D eigenvalue weighted by atomic mass is 10.0. The van der Waals surface area contributed by atoms with Crippen LogP contribution < -0.4 is 10.9 Å². The molecule has 0 aliphatic carbocycles. The van der Waals surface area contributed by atoms with Gasteiger partial charge in [0.25, 0.3) is 5.69 Å². The molecule has 2 rings (SSSR count). The molecule has 0 unspecified atom stereocenters. The van der Waals surface area contributed by atoms with E-state index in [2.05, 4.69) is 21.1 Å². The van der Waals surface area contributed by atoms with Gasteiger partial charge >= 0.3 is 0 Å². The first kappa shape index (κ1) is 16.3. The summed E-state index contributed by atoms with van der Waals surface area (Å²) in [5.41, 5.74) is 6.08. The van der Waals surface area contributed by atoms with Crippen molar-refractivity contribution in [3.05, 3.63) is 39.9 Å². The molecule has 1 aromatic carbocycles. The molecule has 23 heavy (non-hydrogen) atoms. The fourth-order valence-electron chi connectivity index (χ4n) is 2.02. The first-order chi connectivity index (χ1) is 10.9. The summed E-state index contributed by atoms with van der Waals surface area (Å²) in [4.78, 5) is 33.6. The summed E-state index contributed by atoms with van der Waals surface area (Å²) in [6.07, 6.45) is -0.0626. The number of nitro benzene ring substituents is 1. The molecule has 0 aromatic heterocycles. The second-order valence-corrected chi connectivity index (χ2v) is 5.03. The Kier molecular flexibility index (Phi) is 4.79. The smallest absolute Gasteiger partial charge is 0.270 e. The number of nitro groups is 1. The lowest BCUT2D eigenvalue weighted by molar-refractivity contribution is -0.384. The second-order valence-electron chi connectivity index (χ2n) is 5.03. The number of nitrogens with zero attached hydrogens (tertiary/aromatic N) is 3. The van der Waals surface area contributed by atoms with E-state index in [1.807, 2.05) is 0 Å². The number of carbonyl (C=O) groups is 2. The predicted molar refractivity (Wildman–Crippen MR) is 82.8 cm³/mol. The van der Waals surface area contributed by atoms with Gasteiger partial charge in [0.1, 0.15) is 0 Å². The van der Waals surface area contributed by atoms with Crippen LogP contribution in [0.25, 0.3) is 0 Å². The molecule has 2 N–H and O–H groups in total. The minimum atomic E-state index is -0.594. The van der Waals surface area contributed by atoms with Crippen molar-refractivity contribution in [2.45, 2.75) is 20.3 Å². The minimum Gasteiger partial charge on any atom is -0.273 e. The van der Waals surface area contributed by atoms with Crippen molar-refractivity contribution in [2.75, 3.05) is 0 Å². The van der Waals surface area contributed by atoms with E-state index in [0.717, 1.165) is 0 Å². The number of nitrogens with one attached hydrogen (secondary N) is 2. The largest absolute Gasteiger partial charge is 0.273 e. The summed E-state index contributed by atoms with van der Waals surface area (Å²) < 4.78 is 0. The Morgan fingerprint density at radius 3 is 2.87 bits per heavy atom. The van der Waals surface area contributed by atoms with Crippen molar-refractivity contribution in [3.8, 4) is 0 Å². The zero-order chi connectivity index (χ0) is 17.0. The molecule has 120 valence electrons. The van der Waals surface area contributed by atoms with Crippen molar-refractivity contribution in [3.63, 3.8) is 0 Å². The van der Waals surface area contributed by atoms with E-state index in [0.29, 0.717) is 17.0 Å². The van der Waals surface area contributed by atoms with E-state index >= 15 is 0 Å². The van der Waals surface area contributed by atoms with Crippen LogP contribution in [-0.2, 0) is 9.59 Å². The van der Waals surface area contributed by atoms with Gasteiger partial charge in [0.15, 0.2) is 0 Å². The zero-order valence-corrected chi connectivity index (χ0v) is 12.6. The summed E-state index contributed by atoms with van der Waals surface area (Å²) in [5.74, 6) is -1.35. The Bertz CT molecular complexity index is 726. The molecule has 0 saturated carbocycles.